The Kier molecular flexibility index (Phi) is 7.82. The SMILES string of the molecule is CC1(C)c2cc(N(c3ccccc3)c3ccc(-c4nc5ccccc5o4)cc3)ccc2-c2ccc(N3c4ccccc4C(C)(C)c4cc(-c5nc6ccccc6o5)ccc43)cc21. The Morgan fingerprint density at radius 2 is 0.952 bits per heavy atom. The Balaban J connectivity index is 0.931. The number of rotatable bonds is 6. The molecular weight excluding hydrogens is 761 g/mol. The molecule has 0 bridgehead atoms. The van der Waals surface area contributed by atoms with Gasteiger partial charge in [-0.05, 0) is 143 Å². The minimum absolute atomic E-state index is 0.262. The number of hydrogen-bond donors (Lipinski definition) is 0. The number of nitrogens with zero attached hydrogens (tertiary/aromatic N) is 4. The Morgan fingerprint density at radius 3 is 1.66 bits per heavy atom. The van der Waals surface area contributed by atoms with Gasteiger partial charge < -0.3 is 18.6 Å². The van der Waals surface area contributed by atoms with E-state index in [0.29, 0.717) is 11.8 Å². The molecule has 10 aromatic rings. The van der Waals surface area contributed by atoms with Crippen LogP contribution in [-0.2, 0) is 10.8 Å². The van der Waals surface area contributed by atoms with Crippen LogP contribution in [0, 0.1) is 0 Å². The van der Waals surface area contributed by atoms with E-state index in [1.165, 1.54) is 39.1 Å². The van der Waals surface area contributed by atoms with Gasteiger partial charge >= 0.3 is 0 Å². The van der Waals surface area contributed by atoms with Gasteiger partial charge in [-0.25, -0.2) is 9.97 Å². The van der Waals surface area contributed by atoms with E-state index < -0.39 is 0 Å². The van der Waals surface area contributed by atoms with Gasteiger partial charge in [-0.3, -0.25) is 0 Å². The molecule has 0 atom stereocenters. The molecule has 0 unspecified atom stereocenters. The van der Waals surface area contributed by atoms with E-state index in [1.54, 1.807) is 0 Å². The molecule has 0 radical (unpaired) electrons. The molecule has 0 amide bonds. The molecule has 8 aromatic carbocycles. The highest BCUT2D eigenvalue weighted by molar-refractivity contribution is 5.92. The van der Waals surface area contributed by atoms with Crippen molar-refractivity contribution in [3.63, 3.8) is 0 Å². The van der Waals surface area contributed by atoms with Crippen molar-refractivity contribution in [2.24, 2.45) is 0 Å². The molecule has 12 rings (SSSR count). The van der Waals surface area contributed by atoms with Crippen LogP contribution in [0.3, 0.4) is 0 Å². The number of oxazole rings is 2. The van der Waals surface area contributed by atoms with Crippen molar-refractivity contribution in [3.05, 3.63) is 204 Å². The molecule has 2 aliphatic rings. The number of hydrogen-bond acceptors (Lipinski definition) is 6. The topological polar surface area (TPSA) is 58.5 Å². The lowest BCUT2D eigenvalue weighted by molar-refractivity contribution is 0.615. The standard InChI is InChI=1S/C56H42N4O2/c1-55(2)43-16-8-11-19-49(43)60(50-31-24-36(32-46(50)55)54-58-48-18-10-13-21-52(48)62-54)40-28-30-42-41-29-27-39(33-44(41)56(3,4)45(42)34-40)59(37-14-6-5-7-15-37)38-25-22-35(23-26-38)53-57-47-17-9-12-20-51(47)61-53/h5-34H,1-4H3. The molecule has 62 heavy (non-hydrogen) atoms. The molecule has 0 spiro atoms. The van der Waals surface area contributed by atoms with Gasteiger partial charge in [0, 0.05) is 44.7 Å². The summed E-state index contributed by atoms with van der Waals surface area (Å²) < 4.78 is 12.4. The van der Waals surface area contributed by atoms with Crippen LogP contribution in [-0.4, -0.2) is 9.97 Å². The van der Waals surface area contributed by atoms with Crippen molar-refractivity contribution >= 4 is 56.3 Å². The molecular formula is C56H42N4O2. The van der Waals surface area contributed by atoms with Crippen molar-refractivity contribution in [1.82, 2.24) is 9.97 Å². The second-order valence-electron chi connectivity index (χ2n) is 17.5. The summed E-state index contributed by atoms with van der Waals surface area (Å²) in [6, 6.07) is 64.4. The van der Waals surface area contributed by atoms with Crippen LogP contribution < -0.4 is 9.80 Å². The summed E-state index contributed by atoms with van der Waals surface area (Å²) in [7, 11) is 0. The van der Waals surface area contributed by atoms with Crippen molar-refractivity contribution in [2.45, 2.75) is 38.5 Å². The number of benzene rings is 8. The third kappa shape index (κ3) is 5.49. The second kappa shape index (κ2) is 13.4. The molecule has 2 aromatic heterocycles. The Morgan fingerprint density at radius 1 is 0.419 bits per heavy atom. The largest absolute Gasteiger partial charge is 0.436 e. The van der Waals surface area contributed by atoms with Crippen LogP contribution in [0.25, 0.3) is 56.2 Å². The van der Waals surface area contributed by atoms with E-state index in [2.05, 4.69) is 171 Å². The summed E-state index contributed by atoms with van der Waals surface area (Å²) in [4.78, 5) is 14.4. The molecule has 0 fully saturated rings. The number of aromatic nitrogens is 2. The predicted molar refractivity (Wildman–Crippen MR) is 252 cm³/mol. The number of anilines is 6. The average molecular weight is 803 g/mol. The fourth-order valence-electron chi connectivity index (χ4n) is 9.88. The maximum absolute atomic E-state index is 6.27. The summed E-state index contributed by atoms with van der Waals surface area (Å²) in [5, 5.41) is 0. The Hall–Kier alpha value is -7.70. The van der Waals surface area contributed by atoms with Crippen molar-refractivity contribution in [3.8, 4) is 34.0 Å². The van der Waals surface area contributed by atoms with Crippen molar-refractivity contribution in [2.75, 3.05) is 9.80 Å². The van der Waals surface area contributed by atoms with Crippen LogP contribution in [0.4, 0.5) is 34.1 Å². The van der Waals surface area contributed by atoms with E-state index in [-0.39, 0.29) is 10.8 Å². The summed E-state index contributed by atoms with van der Waals surface area (Å²) in [5.41, 5.74) is 19.0. The number of fused-ring (bicyclic) bond motifs is 7. The van der Waals surface area contributed by atoms with Crippen LogP contribution >= 0.6 is 0 Å². The minimum atomic E-state index is -0.274. The third-order valence-corrected chi connectivity index (χ3v) is 13.1. The van der Waals surface area contributed by atoms with E-state index in [9.17, 15) is 0 Å². The average Bonchev–Trinajstić information content (AvgIpc) is 4.00. The first-order valence-corrected chi connectivity index (χ1v) is 21.2. The smallest absolute Gasteiger partial charge is 0.227 e. The zero-order valence-electron chi connectivity index (χ0n) is 34.9. The lowest BCUT2D eigenvalue weighted by Crippen LogP contribution is -2.30. The highest BCUT2D eigenvalue weighted by Gasteiger charge is 2.40. The first kappa shape index (κ1) is 36.2. The third-order valence-electron chi connectivity index (χ3n) is 13.1. The van der Waals surface area contributed by atoms with Crippen LogP contribution in [0.15, 0.2) is 191 Å². The van der Waals surface area contributed by atoms with Gasteiger partial charge in [0.1, 0.15) is 11.0 Å². The normalized spacial score (nSPS) is 14.4. The van der Waals surface area contributed by atoms with Gasteiger partial charge in [0.05, 0.1) is 11.4 Å². The van der Waals surface area contributed by atoms with Crippen LogP contribution in [0.1, 0.15) is 49.9 Å². The molecule has 0 N–H and O–H groups in total. The quantitative estimate of drug-likeness (QED) is 0.167. The Bertz CT molecular complexity index is 3310. The first-order valence-electron chi connectivity index (χ1n) is 21.2. The van der Waals surface area contributed by atoms with Gasteiger partial charge in [-0.15, -0.1) is 0 Å². The summed E-state index contributed by atoms with van der Waals surface area (Å²) in [6.45, 7) is 9.37. The van der Waals surface area contributed by atoms with Gasteiger partial charge in [0.25, 0.3) is 0 Å². The van der Waals surface area contributed by atoms with Crippen LogP contribution in [0.5, 0.6) is 0 Å². The molecule has 6 heteroatoms. The highest BCUT2D eigenvalue weighted by atomic mass is 16.4. The van der Waals surface area contributed by atoms with Crippen LogP contribution in [0.2, 0.25) is 0 Å². The van der Waals surface area contributed by atoms with E-state index in [0.717, 1.165) is 61.8 Å². The lowest BCUT2D eigenvalue weighted by atomic mass is 9.73. The van der Waals surface area contributed by atoms with Crippen molar-refractivity contribution in [1.29, 1.82) is 0 Å². The fraction of sp³-hybridized carbons (Fsp3) is 0.107. The molecule has 3 heterocycles. The molecule has 298 valence electrons. The summed E-state index contributed by atoms with van der Waals surface area (Å²) in [5.74, 6) is 1.25. The monoisotopic (exact) mass is 802 g/mol. The Labute approximate surface area is 360 Å². The minimum Gasteiger partial charge on any atom is -0.436 e. The first-order chi connectivity index (χ1) is 30.2. The fourth-order valence-corrected chi connectivity index (χ4v) is 9.88. The maximum atomic E-state index is 6.27. The molecule has 0 saturated carbocycles. The highest BCUT2D eigenvalue weighted by Crippen LogP contribution is 2.56. The lowest BCUT2D eigenvalue weighted by Gasteiger charge is -2.42. The maximum Gasteiger partial charge on any atom is 0.227 e. The summed E-state index contributed by atoms with van der Waals surface area (Å²) >= 11 is 0. The van der Waals surface area contributed by atoms with E-state index >= 15 is 0 Å². The van der Waals surface area contributed by atoms with Gasteiger partial charge in [-0.2, -0.15) is 0 Å². The van der Waals surface area contributed by atoms with Gasteiger partial charge in [0.2, 0.25) is 11.8 Å². The van der Waals surface area contributed by atoms with Gasteiger partial charge in [-0.1, -0.05) is 100 Å². The molecule has 1 aliphatic heterocycles. The zero-order valence-corrected chi connectivity index (χ0v) is 34.9. The molecule has 0 saturated heterocycles. The molecule has 1 aliphatic carbocycles. The van der Waals surface area contributed by atoms with E-state index in [1.807, 2.05) is 48.5 Å². The van der Waals surface area contributed by atoms with Crippen molar-refractivity contribution < 1.29 is 8.83 Å². The molecule has 6 nitrogen and oxygen atoms in total. The number of para-hydroxylation sites is 6. The second-order valence-corrected chi connectivity index (χ2v) is 17.5. The van der Waals surface area contributed by atoms with Gasteiger partial charge in [0.15, 0.2) is 11.2 Å². The van der Waals surface area contributed by atoms with E-state index in [4.69, 9.17) is 18.8 Å². The predicted octanol–water partition coefficient (Wildman–Crippen LogP) is 15.2. The zero-order chi connectivity index (χ0) is 41.7. The summed E-state index contributed by atoms with van der Waals surface area (Å²) in [6.07, 6.45) is 0.